The second-order valence-corrected chi connectivity index (χ2v) is 8.46. The van der Waals surface area contributed by atoms with Crippen LogP contribution in [0.2, 0.25) is 0 Å². The number of hydrogen-bond acceptors (Lipinski definition) is 4. The van der Waals surface area contributed by atoms with Crippen LogP contribution in [0.15, 0.2) is 11.8 Å². The molecular formula is C23H41N3O2S. The molecule has 0 aromatic heterocycles. The van der Waals surface area contributed by atoms with Gasteiger partial charge in [-0.15, -0.1) is 0 Å². The van der Waals surface area contributed by atoms with Crippen molar-refractivity contribution in [1.82, 2.24) is 16.0 Å². The average molecular weight is 424 g/mol. The molecule has 0 bridgehead atoms. The molecule has 0 aromatic carbocycles. The van der Waals surface area contributed by atoms with Gasteiger partial charge in [0.15, 0.2) is 5.11 Å². The van der Waals surface area contributed by atoms with E-state index in [0.717, 1.165) is 13.0 Å². The number of nitrogens with one attached hydrogen (secondary N) is 3. The van der Waals surface area contributed by atoms with E-state index in [2.05, 4.69) is 22.9 Å². The van der Waals surface area contributed by atoms with E-state index in [-0.39, 0.29) is 10.7 Å². The lowest BCUT2D eigenvalue weighted by molar-refractivity contribution is -0.123. The summed E-state index contributed by atoms with van der Waals surface area (Å²) in [6, 6.07) is 0. The Kier molecular flexibility index (Phi) is 15.4. The number of unbranched alkanes of at least 4 members (excludes halogenated alkanes) is 15. The molecule has 166 valence electrons. The summed E-state index contributed by atoms with van der Waals surface area (Å²) in [5.41, 5.74) is 0.0788. The van der Waals surface area contributed by atoms with E-state index in [4.69, 9.17) is 12.2 Å². The topological polar surface area (TPSA) is 70.2 Å². The Morgan fingerprint density at radius 2 is 1.07 bits per heavy atom. The fraction of sp³-hybridized carbons (Fsp3) is 0.783. The lowest BCUT2D eigenvalue weighted by Gasteiger charge is -2.16. The maximum Gasteiger partial charge on any atom is 0.264 e. The van der Waals surface area contributed by atoms with Crippen molar-refractivity contribution in [3.8, 4) is 0 Å². The summed E-state index contributed by atoms with van der Waals surface area (Å²) in [6.07, 6.45) is 23.1. The first-order valence-electron chi connectivity index (χ1n) is 11.8. The molecule has 0 saturated carbocycles. The predicted molar refractivity (Wildman–Crippen MR) is 125 cm³/mol. The number of rotatable bonds is 18. The first-order chi connectivity index (χ1) is 14.1. The second-order valence-electron chi connectivity index (χ2n) is 8.05. The number of thiocarbonyl (C=S) groups is 1. The maximum atomic E-state index is 11.7. The van der Waals surface area contributed by atoms with Gasteiger partial charge in [-0.05, 0) is 18.6 Å². The molecule has 0 aromatic rings. The Balaban J connectivity index is 1.82. The zero-order valence-corrected chi connectivity index (χ0v) is 19.1. The van der Waals surface area contributed by atoms with E-state index in [9.17, 15) is 9.59 Å². The molecule has 1 rings (SSSR count). The van der Waals surface area contributed by atoms with Crippen LogP contribution in [0.3, 0.4) is 0 Å². The minimum atomic E-state index is -0.446. The molecule has 1 fully saturated rings. The molecule has 0 atom stereocenters. The Morgan fingerprint density at radius 1 is 0.690 bits per heavy atom. The van der Waals surface area contributed by atoms with Gasteiger partial charge in [-0.1, -0.05) is 103 Å². The van der Waals surface area contributed by atoms with Crippen LogP contribution in [-0.4, -0.2) is 23.5 Å². The SMILES string of the molecule is CCCCCCCCCCCCCCCCCCNC=C1C(=O)NC(=S)NC1=O. The summed E-state index contributed by atoms with van der Waals surface area (Å²) in [7, 11) is 0. The Labute approximate surface area is 182 Å². The van der Waals surface area contributed by atoms with Crippen molar-refractivity contribution in [3.05, 3.63) is 11.8 Å². The average Bonchev–Trinajstić information content (AvgIpc) is 2.68. The number of hydrogen-bond donors (Lipinski definition) is 3. The van der Waals surface area contributed by atoms with Gasteiger partial charge in [0.1, 0.15) is 5.57 Å². The van der Waals surface area contributed by atoms with Crippen LogP contribution in [0, 0.1) is 0 Å². The molecule has 1 saturated heterocycles. The van der Waals surface area contributed by atoms with Crippen molar-refractivity contribution in [2.24, 2.45) is 0 Å². The van der Waals surface area contributed by atoms with Gasteiger partial charge >= 0.3 is 0 Å². The summed E-state index contributed by atoms with van der Waals surface area (Å²) >= 11 is 4.76. The van der Waals surface area contributed by atoms with Crippen molar-refractivity contribution in [3.63, 3.8) is 0 Å². The van der Waals surface area contributed by atoms with Crippen molar-refractivity contribution in [2.75, 3.05) is 6.54 Å². The van der Waals surface area contributed by atoms with Gasteiger partial charge < -0.3 is 5.32 Å². The highest BCUT2D eigenvalue weighted by Gasteiger charge is 2.25. The highest BCUT2D eigenvalue weighted by molar-refractivity contribution is 7.80. The quantitative estimate of drug-likeness (QED) is 0.122. The molecule has 6 heteroatoms. The van der Waals surface area contributed by atoms with E-state index in [0.29, 0.717) is 0 Å². The van der Waals surface area contributed by atoms with Gasteiger partial charge in [-0.3, -0.25) is 20.2 Å². The van der Waals surface area contributed by atoms with Crippen LogP contribution >= 0.6 is 12.2 Å². The number of amides is 2. The molecular weight excluding hydrogens is 382 g/mol. The minimum Gasteiger partial charge on any atom is -0.390 e. The van der Waals surface area contributed by atoms with E-state index in [1.807, 2.05) is 0 Å². The van der Waals surface area contributed by atoms with Crippen molar-refractivity contribution in [2.45, 2.75) is 110 Å². The van der Waals surface area contributed by atoms with Crippen molar-refractivity contribution >= 4 is 29.1 Å². The summed E-state index contributed by atoms with van der Waals surface area (Å²) in [5.74, 6) is -0.892. The normalized spacial score (nSPS) is 14.0. The largest absolute Gasteiger partial charge is 0.390 e. The molecule has 0 radical (unpaired) electrons. The summed E-state index contributed by atoms with van der Waals surface area (Å²) in [6.45, 7) is 3.04. The van der Waals surface area contributed by atoms with Gasteiger partial charge in [0.25, 0.3) is 11.8 Å². The van der Waals surface area contributed by atoms with Crippen LogP contribution in [0.25, 0.3) is 0 Å². The van der Waals surface area contributed by atoms with Crippen LogP contribution in [0.4, 0.5) is 0 Å². The lowest BCUT2D eigenvalue weighted by Crippen LogP contribution is -2.51. The molecule has 1 aliphatic rings. The fourth-order valence-electron chi connectivity index (χ4n) is 3.56. The predicted octanol–water partition coefficient (Wildman–Crippen LogP) is 5.25. The minimum absolute atomic E-state index is 0.0648. The van der Waals surface area contributed by atoms with Gasteiger partial charge in [0.05, 0.1) is 0 Å². The van der Waals surface area contributed by atoms with E-state index >= 15 is 0 Å². The molecule has 5 nitrogen and oxygen atoms in total. The Morgan fingerprint density at radius 3 is 1.48 bits per heavy atom. The van der Waals surface area contributed by atoms with Crippen LogP contribution in [0.5, 0.6) is 0 Å². The maximum absolute atomic E-state index is 11.7. The van der Waals surface area contributed by atoms with Crippen molar-refractivity contribution in [1.29, 1.82) is 0 Å². The number of carbonyl (C=O) groups excluding carboxylic acids is 2. The van der Waals surface area contributed by atoms with Gasteiger partial charge in [-0.2, -0.15) is 0 Å². The number of carbonyl (C=O) groups is 2. The molecule has 3 N–H and O–H groups in total. The lowest BCUT2D eigenvalue weighted by atomic mass is 10.0. The van der Waals surface area contributed by atoms with Crippen LogP contribution in [0.1, 0.15) is 110 Å². The fourth-order valence-corrected chi connectivity index (χ4v) is 3.74. The van der Waals surface area contributed by atoms with Crippen LogP contribution < -0.4 is 16.0 Å². The first-order valence-corrected chi connectivity index (χ1v) is 12.2. The third-order valence-electron chi connectivity index (χ3n) is 5.36. The highest BCUT2D eigenvalue weighted by atomic mass is 32.1. The summed E-state index contributed by atoms with van der Waals surface area (Å²) < 4.78 is 0. The van der Waals surface area contributed by atoms with E-state index < -0.39 is 11.8 Å². The van der Waals surface area contributed by atoms with Gasteiger partial charge in [0.2, 0.25) is 0 Å². The molecule has 2 amide bonds. The molecule has 1 heterocycles. The molecule has 0 aliphatic carbocycles. The monoisotopic (exact) mass is 423 g/mol. The second kappa shape index (κ2) is 17.4. The Hall–Kier alpha value is -1.43. The molecule has 29 heavy (non-hydrogen) atoms. The summed E-state index contributed by atoms with van der Waals surface area (Å²) in [4.78, 5) is 23.3. The van der Waals surface area contributed by atoms with E-state index in [1.54, 1.807) is 0 Å². The standard InChI is InChI=1S/C23H41N3O2S/c1-2-3-4-5-6-7-8-9-10-11-12-13-14-15-16-17-18-24-19-20-21(27)25-23(29)26-22(20)28/h19,24H,2-18H2,1H3,(H2,25,26,27,28,29). The van der Waals surface area contributed by atoms with Gasteiger partial charge in [-0.25, -0.2) is 0 Å². The molecule has 1 aliphatic heterocycles. The smallest absolute Gasteiger partial charge is 0.264 e. The van der Waals surface area contributed by atoms with Crippen molar-refractivity contribution < 1.29 is 9.59 Å². The summed E-state index contributed by atoms with van der Waals surface area (Å²) in [5, 5.41) is 7.96. The Bertz CT molecular complexity index is 498. The third-order valence-corrected chi connectivity index (χ3v) is 5.57. The van der Waals surface area contributed by atoms with E-state index in [1.165, 1.54) is 103 Å². The molecule has 0 unspecified atom stereocenters. The highest BCUT2D eigenvalue weighted by Crippen LogP contribution is 2.13. The zero-order chi connectivity index (χ0) is 21.2. The molecule has 0 spiro atoms. The zero-order valence-electron chi connectivity index (χ0n) is 18.3. The first kappa shape index (κ1) is 25.6. The van der Waals surface area contributed by atoms with Crippen LogP contribution in [-0.2, 0) is 9.59 Å². The third kappa shape index (κ3) is 13.4. The van der Waals surface area contributed by atoms with Gasteiger partial charge in [0, 0.05) is 12.7 Å².